The summed E-state index contributed by atoms with van der Waals surface area (Å²) in [6.45, 7) is 7.69. The molecular formula is C25H30N2O4S. The molecule has 1 aliphatic carbocycles. The van der Waals surface area contributed by atoms with E-state index in [1.54, 1.807) is 0 Å². The van der Waals surface area contributed by atoms with Crippen LogP contribution in [0.25, 0.3) is 11.0 Å². The lowest BCUT2D eigenvalue weighted by atomic mass is 9.95. The van der Waals surface area contributed by atoms with Crippen molar-refractivity contribution in [1.29, 1.82) is 0 Å². The monoisotopic (exact) mass is 454 g/mol. The Morgan fingerprint density at radius 2 is 1.97 bits per heavy atom. The average Bonchev–Trinajstić information content (AvgIpc) is 3.30. The third-order valence-electron chi connectivity index (χ3n) is 5.88. The predicted molar refractivity (Wildman–Crippen MR) is 128 cm³/mol. The molecule has 2 heterocycles. The molecule has 0 aliphatic heterocycles. The summed E-state index contributed by atoms with van der Waals surface area (Å²) in [6, 6.07) is 5.88. The fraction of sp³-hybridized carbons (Fsp3) is 0.440. The molecule has 2 N–H and O–H groups in total. The van der Waals surface area contributed by atoms with Crippen LogP contribution in [0.4, 0.5) is 5.00 Å². The van der Waals surface area contributed by atoms with Gasteiger partial charge in [0.1, 0.15) is 10.6 Å². The molecule has 2 amide bonds. The van der Waals surface area contributed by atoms with Gasteiger partial charge in [0.05, 0.1) is 5.56 Å². The van der Waals surface area contributed by atoms with Crippen LogP contribution < -0.4 is 10.6 Å². The highest BCUT2D eigenvalue weighted by Gasteiger charge is 2.27. The molecule has 0 spiro atoms. The zero-order chi connectivity index (χ0) is 22.7. The van der Waals surface area contributed by atoms with Crippen LogP contribution in [-0.4, -0.2) is 31.6 Å². The lowest BCUT2D eigenvalue weighted by Crippen LogP contribution is -2.27. The minimum atomic E-state index is -0.319. The van der Waals surface area contributed by atoms with Crippen LogP contribution in [0, 0.1) is 13.8 Å². The minimum absolute atomic E-state index is 0.131. The number of rotatable bonds is 8. The summed E-state index contributed by atoms with van der Waals surface area (Å²) in [5.74, 6) is -0.159. The van der Waals surface area contributed by atoms with Gasteiger partial charge >= 0.3 is 0 Å². The number of hydrogen-bond acceptors (Lipinski definition) is 5. The Kier molecular flexibility index (Phi) is 6.96. The van der Waals surface area contributed by atoms with Crippen molar-refractivity contribution in [2.45, 2.75) is 52.9 Å². The number of carbonyl (C=O) groups excluding carboxylic acids is 2. The highest BCUT2D eigenvalue weighted by Crippen LogP contribution is 2.38. The first-order valence-electron chi connectivity index (χ1n) is 11.3. The number of carbonyl (C=O) groups is 2. The van der Waals surface area contributed by atoms with Gasteiger partial charge in [0.25, 0.3) is 11.8 Å². The Bertz CT molecular complexity index is 1140. The number of aryl methyl sites for hydroxylation is 3. The van der Waals surface area contributed by atoms with Crippen molar-refractivity contribution in [2.24, 2.45) is 0 Å². The normalized spacial score (nSPS) is 13.2. The summed E-state index contributed by atoms with van der Waals surface area (Å²) >= 11 is 1.52. The van der Waals surface area contributed by atoms with Crippen molar-refractivity contribution in [1.82, 2.24) is 5.32 Å². The number of nitrogens with one attached hydrogen (secondary N) is 2. The van der Waals surface area contributed by atoms with E-state index in [1.807, 2.05) is 39.0 Å². The van der Waals surface area contributed by atoms with E-state index in [9.17, 15) is 9.59 Å². The van der Waals surface area contributed by atoms with E-state index in [-0.39, 0.29) is 11.8 Å². The molecule has 32 heavy (non-hydrogen) atoms. The van der Waals surface area contributed by atoms with Crippen LogP contribution in [0.1, 0.15) is 68.7 Å². The molecular weight excluding hydrogens is 424 g/mol. The number of thiophene rings is 1. The molecule has 1 aromatic carbocycles. The zero-order valence-corrected chi connectivity index (χ0v) is 19.7. The lowest BCUT2D eigenvalue weighted by molar-refractivity contribution is 0.0944. The first-order valence-corrected chi connectivity index (χ1v) is 12.1. The number of fused-ring (bicyclic) bond motifs is 2. The van der Waals surface area contributed by atoms with Crippen LogP contribution >= 0.6 is 11.3 Å². The van der Waals surface area contributed by atoms with E-state index < -0.39 is 0 Å². The van der Waals surface area contributed by atoms with Crippen molar-refractivity contribution < 1.29 is 18.7 Å². The molecule has 0 saturated heterocycles. The number of furan rings is 1. The molecule has 1 aliphatic rings. The Balaban J connectivity index is 1.58. The maximum atomic E-state index is 13.2. The molecule has 0 unspecified atom stereocenters. The summed E-state index contributed by atoms with van der Waals surface area (Å²) in [4.78, 5) is 27.4. The zero-order valence-electron chi connectivity index (χ0n) is 18.9. The van der Waals surface area contributed by atoms with Gasteiger partial charge in [-0.05, 0) is 70.6 Å². The first-order chi connectivity index (χ1) is 15.5. The maximum absolute atomic E-state index is 13.2. The van der Waals surface area contributed by atoms with Crippen LogP contribution in [-0.2, 0) is 17.6 Å². The molecule has 0 radical (unpaired) electrons. The molecule has 2 aromatic heterocycles. The van der Waals surface area contributed by atoms with Gasteiger partial charge in [-0.1, -0.05) is 11.6 Å². The van der Waals surface area contributed by atoms with Crippen LogP contribution in [0.5, 0.6) is 0 Å². The molecule has 6 nitrogen and oxygen atoms in total. The van der Waals surface area contributed by atoms with E-state index >= 15 is 0 Å². The van der Waals surface area contributed by atoms with Gasteiger partial charge in [-0.25, -0.2) is 0 Å². The fourth-order valence-electron chi connectivity index (χ4n) is 4.21. The highest BCUT2D eigenvalue weighted by molar-refractivity contribution is 7.17. The van der Waals surface area contributed by atoms with Gasteiger partial charge in [0, 0.05) is 35.6 Å². The van der Waals surface area contributed by atoms with Gasteiger partial charge in [-0.15, -0.1) is 11.3 Å². The molecule has 3 aromatic rings. The summed E-state index contributed by atoms with van der Waals surface area (Å²) in [6.07, 6.45) is 4.74. The minimum Gasteiger partial charge on any atom is -0.451 e. The van der Waals surface area contributed by atoms with Gasteiger partial charge in [0.2, 0.25) is 0 Å². The van der Waals surface area contributed by atoms with Gasteiger partial charge in [0.15, 0.2) is 5.76 Å². The second-order valence-corrected chi connectivity index (χ2v) is 9.34. The van der Waals surface area contributed by atoms with E-state index in [0.717, 1.165) is 54.2 Å². The van der Waals surface area contributed by atoms with Crippen LogP contribution in [0.15, 0.2) is 22.6 Å². The Morgan fingerprint density at radius 3 is 2.78 bits per heavy atom. The Labute approximate surface area is 192 Å². The average molecular weight is 455 g/mol. The SMILES string of the molecule is CCOCCCNC(=O)c1c(NC(=O)c2oc3ccc(C)cc3c2C)sc2c1CCCC2. The van der Waals surface area contributed by atoms with Crippen molar-refractivity contribution in [2.75, 3.05) is 25.1 Å². The van der Waals surface area contributed by atoms with E-state index in [4.69, 9.17) is 9.15 Å². The quantitative estimate of drug-likeness (QED) is 0.447. The highest BCUT2D eigenvalue weighted by atomic mass is 32.1. The van der Waals surface area contributed by atoms with Crippen molar-refractivity contribution >= 4 is 39.1 Å². The predicted octanol–water partition coefficient (Wildman–Crippen LogP) is 5.40. The number of benzene rings is 1. The molecule has 0 atom stereocenters. The summed E-state index contributed by atoms with van der Waals surface area (Å²) in [5.41, 5.74) is 4.30. The van der Waals surface area contributed by atoms with Crippen molar-refractivity contribution in [3.63, 3.8) is 0 Å². The Hall–Kier alpha value is -2.64. The van der Waals surface area contributed by atoms with Gasteiger partial charge in [-0.3, -0.25) is 9.59 Å². The molecule has 7 heteroatoms. The van der Waals surface area contributed by atoms with E-state index in [0.29, 0.717) is 41.7 Å². The molecule has 4 rings (SSSR count). The standard InChI is InChI=1S/C25H30N2O4S/c1-4-30-13-7-12-26-23(28)21-17-8-5-6-9-20(17)32-25(21)27-24(29)22-16(3)18-14-15(2)10-11-19(18)31-22/h10-11,14H,4-9,12-13H2,1-3H3,(H,26,28)(H,27,29). The number of amides is 2. The van der Waals surface area contributed by atoms with Gasteiger partial charge in [-0.2, -0.15) is 0 Å². The number of ether oxygens (including phenoxy) is 1. The first kappa shape index (κ1) is 22.6. The van der Waals surface area contributed by atoms with Crippen molar-refractivity contribution in [3.8, 4) is 0 Å². The summed E-state index contributed by atoms with van der Waals surface area (Å²) in [5, 5.41) is 7.54. The summed E-state index contributed by atoms with van der Waals surface area (Å²) < 4.78 is 11.2. The third-order valence-corrected chi connectivity index (χ3v) is 7.09. The largest absolute Gasteiger partial charge is 0.451 e. The van der Waals surface area contributed by atoms with E-state index in [1.165, 1.54) is 16.2 Å². The molecule has 170 valence electrons. The molecule has 0 saturated carbocycles. The third kappa shape index (κ3) is 4.59. The maximum Gasteiger partial charge on any atom is 0.292 e. The second kappa shape index (κ2) is 9.88. The van der Waals surface area contributed by atoms with E-state index in [2.05, 4.69) is 10.6 Å². The second-order valence-electron chi connectivity index (χ2n) is 8.23. The fourth-order valence-corrected chi connectivity index (χ4v) is 5.50. The molecule has 0 fully saturated rings. The topological polar surface area (TPSA) is 80.6 Å². The number of anilines is 1. The van der Waals surface area contributed by atoms with Crippen LogP contribution in [0.2, 0.25) is 0 Å². The Morgan fingerprint density at radius 1 is 1.16 bits per heavy atom. The number of hydrogen-bond donors (Lipinski definition) is 2. The van der Waals surface area contributed by atoms with Crippen molar-refractivity contribution in [3.05, 3.63) is 51.1 Å². The van der Waals surface area contributed by atoms with Crippen LogP contribution in [0.3, 0.4) is 0 Å². The summed E-state index contributed by atoms with van der Waals surface area (Å²) in [7, 11) is 0. The lowest BCUT2D eigenvalue weighted by Gasteiger charge is -2.13. The molecule has 0 bridgehead atoms. The van der Waals surface area contributed by atoms with Gasteiger partial charge < -0.3 is 19.8 Å². The smallest absolute Gasteiger partial charge is 0.292 e.